The van der Waals surface area contributed by atoms with Crippen LogP contribution in [0, 0.1) is 11.8 Å². The van der Waals surface area contributed by atoms with Gasteiger partial charge >= 0.3 is 0 Å². The SMILES string of the molecule is CCCCCCCCC(CCCCCC)CN1C(=O)C(=O)c2ccc3c4c(ccc3c21)C(O)C(=O)N4CC(CCCCCC)CCCCCCCC. The first-order valence-electron chi connectivity index (χ1n) is 21.8. The van der Waals surface area contributed by atoms with Crippen LogP contribution in [0.1, 0.15) is 204 Å². The van der Waals surface area contributed by atoms with Crippen LogP contribution < -0.4 is 9.80 Å². The summed E-state index contributed by atoms with van der Waals surface area (Å²) in [6.07, 6.45) is 27.6. The largest absolute Gasteiger partial charge is 0.378 e. The molecule has 3 atom stereocenters. The number of amides is 2. The van der Waals surface area contributed by atoms with E-state index < -0.39 is 17.8 Å². The normalized spacial score (nSPS) is 16.7. The molecule has 52 heavy (non-hydrogen) atoms. The Morgan fingerprint density at radius 3 is 1.42 bits per heavy atom. The van der Waals surface area contributed by atoms with Crippen molar-refractivity contribution < 1.29 is 19.5 Å². The number of rotatable bonds is 28. The van der Waals surface area contributed by atoms with Crippen molar-refractivity contribution in [3.63, 3.8) is 0 Å². The third kappa shape index (κ3) is 11.1. The summed E-state index contributed by atoms with van der Waals surface area (Å²) in [7, 11) is 0. The number of fused-ring (bicyclic) bond motifs is 5. The molecule has 0 aliphatic carbocycles. The molecule has 6 nitrogen and oxygen atoms in total. The fourth-order valence-corrected chi connectivity index (χ4v) is 8.79. The molecule has 2 aromatic carbocycles. The second kappa shape index (κ2) is 22.5. The van der Waals surface area contributed by atoms with Crippen molar-refractivity contribution in [1.29, 1.82) is 0 Å². The summed E-state index contributed by atoms with van der Waals surface area (Å²) >= 11 is 0. The van der Waals surface area contributed by atoms with Crippen LogP contribution >= 0.6 is 0 Å². The summed E-state index contributed by atoms with van der Waals surface area (Å²) in [4.78, 5) is 44.6. The summed E-state index contributed by atoms with van der Waals surface area (Å²) < 4.78 is 0. The van der Waals surface area contributed by atoms with Crippen molar-refractivity contribution in [2.24, 2.45) is 11.8 Å². The molecule has 6 heteroatoms. The minimum absolute atomic E-state index is 0.250. The van der Waals surface area contributed by atoms with Crippen LogP contribution in [-0.2, 0) is 9.59 Å². The second-order valence-corrected chi connectivity index (χ2v) is 16.2. The molecule has 2 amide bonds. The second-order valence-electron chi connectivity index (χ2n) is 16.2. The molecule has 0 saturated heterocycles. The zero-order valence-electron chi connectivity index (χ0n) is 33.5. The molecular weight excluding hydrogens is 645 g/mol. The van der Waals surface area contributed by atoms with E-state index in [0.717, 1.165) is 61.4 Å². The Kier molecular flexibility index (Phi) is 18.2. The number of aliphatic hydroxyl groups excluding tert-OH is 1. The lowest BCUT2D eigenvalue weighted by Crippen LogP contribution is -2.34. The van der Waals surface area contributed by atoms with Gasteiger partial charge in [-0.1, -0.05) is 174 Å². The number of carbonyl (C=O) groups is 3. The van der Waals surface area contributed by atoms with Crippen molar-refractivity contribution in [3.05, 3.63) is 35.4 Å². The summed E-state index contributed by atoms with van der Waals surface area (Å²) in [5.74, 6) is -0.403. The summed E-state index contributed by atoms with van der Waals surface area (Å²) in [5, 5.41) is 12.9. The molecule has 2 aliphatic rings. The molecule has 0 fully saturated rings. The van der Waals surface area contributed by atoms with E-state index in [-0.39, 0.29) is 5.91 Å². The van der Waals surface area contributed by atoms with Gasteiger partial charge in [0, 0.05) is 29.4 Å². The minimum atomic E-state index is -1.19. The van der Waals surface area contributed by atoms with Gasteiger partial charge in [-0.15, -0.1) is 0 Å². The van der Waals surface area contributed by atoms with Gasteiger partial charge in [0.15, 0.2) is 6.10 Å². The average Bonchev–Trinajstić information content (AvgIpc) is 3.54. The first-order valence-corrected chi connectivity index (χ1v) is 21.8. The van der Waals surface area contributed by atoms with Crippen LogP contribution in [0.2, 0.25) is 0 Å². The molecular formula is C46H72N2O4. The molecule has 2 aliphatic heterocycles. The lowest BCUT2D eigenvalue weighted by molar-refractivity contribution is -0.125. The minimum Gasteiger partial charge on any atom is -0.378 e. The zero-order valence-corrected chi connectivity index (χ0v) is 33.5. The number of unbranched alkanes of at least 4 members (excludes halogenated alkanes) is 16. The maximum atomic E-state index is 13.8. The number of carbonyl (C=O) groups excluding carboxylic acids is 3. The van der Waals surface area contributed by atoms with Crippen molar-refractivity contribution in [3.8, 4) is 0 Å². The average molecular weight is 717 g/mol. The van der Waals surface area contributed by atoms with E-state index in [1.165, 1.54) is 109 Å². The summed E-state index contributed by atoms with van der Waals surface area (Å²) in [6, 6.07) is 7.53. The molecule has 0 saturated carbocycles. The van der Waals surface area contributed by atoms with E-state index in [4.69, 9.17) is 0 Å². The maximum absolute atomic E-state index is 13.8. The van der Waals surface area contributed by atoms with E-state index >= 15 is 0 Å². The van der Waals surface area contributed by atoms with Crippen LogP contribution in [0.15, 0.2) is 24.3 Å². The predicted octanol–water partition coefficient (Wildman–Crippen LogP) is 12.4. The fraction of sp³-hybridized carbons (Fsp3) is 0.717. The molecule has 0 aromatic heterocycles. The highest BCUT2D eigenvalue weighted by atomic mass is 16.3. The molecule has 3 unspecified atom stereocenters. The van der Waals surface area contributed by atoms with E-state index in [1.54, 1.807) is 11.0 Å². The highest BCUT2D eigenvalue weighted by Crippen LogP contribution is 2.47. The molecule has 290 valence electrons. The molecule has 2 heterocycles. The Bertz CT molecular complexity index is 1420. The third-order valence-electron chi connectivity index (χ3n) is 11.9. The van der Waals surface area contributed by atoms with Crippen molar-refractivity contribution >= 4 is 39.7 Å². The topological polar surface area (TPSA) is 77.9 Å². The van der Waals surface area contributed by atoms with Crippen LogP contribution in [0.25, 0.3) is 10.8 Å². The Morgan fingerprint density at radius 2 is 0.923 bits per heavy atom. The summed E-state index contributed by atoms with van der Waals surface area (Å²) in [5.41, 5.74) is 2.58. The molecule has 2 aromatic rings. The van der Waals surface area contributed by atoms with Gasteiger partial charge in [-0.2, -0.15) is 0 Å². The number of nitrogens with zero attached hydrogens (tertiary/aromatic N) is 2. The van der Waals surface area contributed by atoms with Crippen LogP contribution in [0.3, 0.4) is 0 Å². The lowest BCUT2D eigenvalue weighted by Gasteiger charge is -2.27. The molecule has 1 N–H and O–H groups in total. The number of hydrogen-bond acceptors (Lipinski definition) is 4. The maximum Gasteiger partial charge on any atom is 0.299 e. The summed E-state index contributed by atoms with van der Waals surface area (Å²) in [6.45, 7) is 10.1. The monoisotopic (exact) mass is 717 g/mol. The van der Waals surface area contributed by atoms with Crippen LogP contribution in [-0.4, -0.2) is 35.8 Å². The van der Waals surface area contributed by atoms with E-state index in [1.807, 2.05) is 23.1 Å². The first-order chi connectivity index (χ1) is 25.4. The van der Waals surface area contributed by atoms with Crippen LogP contribution in [0.4, 0.5) is 11.4 Å². The molecule has 4 rings (SSSR count). The van der Waals surface area contributed by atoms with E-state index in [9.17, 15) is 19.5 Å². The van der Waals surface area contributed by atoms with Crippen molar-refractivity contribution in [1.82, 2.24) is 0 Å². The van der Waals surface area contributed by atoms with Gasteiger partial charge in [-0.25, -0.2) is 0 Å². The number of aliphatic hydroxyl groups is 1. The molecule has 0 radical (unpaired) electrons. The van der Waals surface area contributed by atoms with Crippen molar-refractivity contribution in [2.45, 2.75) is 188 Å². The number of anilines is 2. The van der Waals surface area contributed by atoms with Gasteiger partial charge in [0.2, 0.25) is 0 Å². The number of ketones is 1. The highest BCUT2D eigenvalue weighted by Gasteiger charge is 2.42. The lowest BCUT2D eigenvalue weighted by atomic mass is 9.93. The number of benzene rings is 2. The quantitative estimate of drug-likeness (QED) is 0.0702. The number of hydrogen-bond donors (Lipinski definition) is 1. The van der Waals surface area contributed by atoms with Gasteiger partial charge in [0.1, 0.15) is 0 Å². The zero-order chi connectivity index (χ0) is 37.3. The van der Waals surface area contributed by atoms with Gasteiger partial charge < -0.3 is 14.9 Å². The number of Topliss-reactive ketones (excluding diaryl/α,β-unsaturated/α-hetero) is 1. The molecule has 0 spiro atoms. The van der Waals surface area contributed by atoms with Gasteiger partial charge in [-0.3, -0.25) is 14.4 Å². The molecule has 0 bridgehead atoms. The Morgan fingerprint density at radius 1 is 0.519 bits per heavy atom. The first kappa shape index (κ1) is 42.0. The van der Waals surface area contributed by atoms with E-state index in [2.05, 4.69) is 27.7 Å². The Balaban J connectivity index is 1.61. The Labute approximate surface area is 316 Å². The van der Waals surface area contributed by atoms with Crippen LogP contribution in [0.5, 0.6) is 0 Å². The Hall–Kier alpha value is -2.73. The van der Waals surface area contributed by atoms with E-state index in [0.29, 0.717) is 41.7 Å². The standard InChI is InChI=1S/C46H72N2O4/c1-5-9-13-17-19-23-27-35(25-21-15-11-7-3)33-47-41-37-29-32-40-42(38(37)30-31-39(41)43(49)45(47)51)48(46(52)44(40)50)34-36(26-22-16-12-8-4)28-24-20-18-14-10-6-2/h29-32,35-36,43,49H,5-28,33-34H2,1-4H3. The van der Waals surface area contributed by atoms with Gasteiger partial charge in [0.25, 0.3) is 17.6 Å². The third-order valence-corrected chi connectivity index (χ3v) is 11.9. The van der Waals surface area contributed by atoms with Gasteiger partial charge in [-0.05, 0) is 43.6 Å². The van der Waals surface area contributed by atoms with Gasteiger partial charge in [0.05, 0.1) is 16.9 Å². The highest BCUT2D eigenvalue weighted by molar-refractivity contribution is 6.53. The van der Waals surface area contributed by atoms with Crippen molar-refractivity contribution in [2.75, 3.05) is 22.9 Å². The smallest absolute Gasteiger partial charge is 0.299 e. The predicted molar refractivity (Wildman–Crippen MR) is 218 cm³/mol. The fourth-order valence-electron chi connectivity index (χ4n) is 8.79.